The molecule has 0 bridgehead atoms. The Bertz CT molecular complexity index is 1610. The molecule has 5 rings (SSSR count). The monoisotopic (exact) mass is 476 g/mol. The Morgan fingerprint density at radius 1 is 1.09 bits per heavy atom. The molecule has 2 aromatic carbocycles. The molecule has 0 saturated heterocycles. The fourth-order valence-corrected chi connectivity index (χ4v) is 4.87. The van der Waals surface area contributed by atoms with Crippen molar-refractivity contribution in [2.45, 2.75) is 19.6 Å². The van der Waals surface area contributed by atoms with Crippen LogP contribution in [-0.2, 0) is 25.4 Å². The Morgan fingerprint density at radius 3 is 2.46 bits per heavy atom. The highest BCUT2D eigenvalue weighted by atomic mass is 16.6. The van der Waals surface area contributed by atoms with Gasteiger partial charge in [0.05, 0.1) is 40.9 Å². The van der Waals surface area contributed by atoms with Crippen molar-refractivity contribution in [3.8, 4) is 17.0 Å². The van der Waals surface area contributed by atoms with Gasteiger partial charge in [0.15, 0.2) is 0 Å². The van der Waals surface area contributed by atoms with Crippen LogP contribution >= 0.6 is 0 Å². The molecule has 10 nitrogen and oxygen atoms in total. The van der Waals surface area contributed by atoms with Crippen LogP contribution in [0.2, 0.25) is 0 Å². The second-order valence-corrected chi connectivity index (χ2v) is 8.60. The van der Waals surface area contributed by atoms with Crippen molar-refractivity contribution in [2.75, 3.05) is 13.7 Å². The number of methoxy groups -OCH3 is 1. The second kappa shape index (κ2) is 8.24. The van der Waals surface area contributed by atoms with Gasteiger partial charge in [0.25, 0.3) is 11.2 Å². The molecule has 35 heavy (non-hydrogen) atoms. The smallest absolute Gasteiger partial charge is 0.331 e. The molecule has 3 heterocycles. The van der Waals surface area contributed by atoms with Gasteiger partial charge in [0.1, 0.15) is 11.9 Å². The van der Waals surface area contributed by atoms with E-state index < -0.39 is 22.3 Å². The molecule has 0 radical (unpaired) electrons. The number of ether oxygens (including phenoxy) is 2. The van der Waals surface area contributed by atoms with Crippen LogP contribution in [0.5, 0.6) is 5.75 Å². The summed E-state index contributed by atoms with van der Waals surface area (Å²) in [5.41, 5.74) is 2.58. The number of hydrogen-bond acceptors (Lipinski definition) is 6. The minimum absolute atomic E-state index is 0.0355. The molecule has 1 atom stereocenters. The molecule has 0 unspecified atom stereocenters. The Labute approximate surface area is 199 Å². The number of nitro groups is 1. The molecule has 1 aliphatic heterocycles. The molecule has 0 aliphatic carbocycles. The maximum atomic E-state index is 13.5. The Balaban J connectivity index is 1.90. The summed E-state index contributed by atoms with van der Waals surface area (Å²) in [5, 5.41) is 12.0. The summed E-state index contributed by atoms with van der Waals surface area (Å²) in [4.78, 5) is 37.6. The first-order chi connectivity index (χ1) is 16.7. The van der Waals surface area contributed by atoms with Crippen molar-refractivity contribution in [3.63, 3.8) is 0 Å². The first kappa shape index (κ1) is 22.6. The number of nitrogens with zero attached hydrogens (tertiary/aromatic N) is 4. The Morgan fingerprint density at radius 2 is 1.80 bits per heavy atom. The summed E-state index contributed by atoms with van der Waals surface area (Å²) in [7, 11) is 4.63. The van der Waals surface area contributed by atoms with E-state index in [1.165, 1.54) is 17.7 Å². The van der Waals surface area contributed by atoms with E-state index in [0.29, 0.717) is 52.3 Å². The number of rotatable bonds is 4. The lowest BCUT2D eigenvalue weighted by molar-refractivity contribution is -0.385. The van der Waals surface area contributed by atoms with Crippen LogP contribution in [0.1, 0.15) is 22.9 Å². The van der Waals surface area contributed by atoms with Crippen molar-refractivity contribution >= 4 is 16.6 Å². The summed E-state index contributed by atoms with van der Waals surface area (Å²) >= 11 is 0. The van der Waals surface area contributed by atoms with E-state index >= 15 is 0 Å². The van der Waals surface area contributed by atoms with Crippen molar-refractivity contribution in [1.82, 2.24) is 13.7 Å². The van der Waals surface area contributed by atoms with E-state index in [-0.39, 0.29) is 5.69 Å². The van der Waals surface area contributed by atoms with Crippen LogP contribution in [-0.4, -0.2) is 32.3 Å². The number of hydrogen-bond donors (Lipinski definition) is 0. The standard InChI is InChI=1S/C25H24N4O6/c1-14-5-6-16(13-18(14)29(32)33)20-19-21(26(2)25(31)27(3)24(19)30)22-23(35-12-11-28(20)22)15-7-9-17(34-4)10-8-15/h5-10,13,23H,11-12H2,1-4H3/t23-/m1/s1. The highest BCUT2D eigenvalue weighted by molar-refractivity contribution is 5.97. The first-order valence-corrected chi connectivity index (χ1v) is 11.1. The van der Waals surface area contributed by atoms with Gasteiger partial charge in [-0.05, 0) is 24.6 Å². The van der Waals surface area contributed by atoms with Gasteiger partial charge in [0.2, 0.25) is 0 Å². The third-order valence-electron chi connectivity index (χ3n) is 6.65. The summed E-state index contributed by atoms with van der Waals surface area (Å²) in [5.74, 6) is 0.693. The third-order valence-corrected chi connectivity index (χ3v) is 6.65. The largest absolute Gasteiger partial charge is 0.497 e. The fraction of sp³-hybridized carbons (Fsp3) is 0.280. The average Bonchev–Trinajstić information content (AvgIpc) is 3.22. The number of fused-ring (bicyclic) bond motifs is 3. The minimum atomic E-state index is -0.552. The lowest BCUT2D eigenvalue weighted by atomic mass is 10.0. The molecule has 0 fully saturated rings. The molecular weight excluding hydrogens is 452 g/mol. The Hall–Kier alpha value is -4.18. The molecule has 0 N–H and O–H groups in total. The number of nitro benzene ring substituents is 1. The highest BCUT2D eigenvalue weighted by Crippen LogP contribution is 2.41. The van der Waals surface area contributed by atoms with Crippen molar-refractivity contribution in [1.29, 1.82) is 0 Å². The zero-order chi connectivity index (χ0) is 25.0. The van der Waals surface area contributed by atoms with E-state index in [4.69, 9.17) is 9.47 Å². The summed E-state index contributed by atoms with van der Waals surface area (Å²) in [6, 6.07) is 12.3. The van der Waals surface area contributed by atoms with Gasteiger partial charge in [0, 0.05) is 37.8 Å². The summed E-state index contributed by atoms with van der Waals surface area (Å²) < 4.78 is 15.9. The van der Waals surface area contributed by atoms with Crippen LogP contribution in [0.25, 0.3) is 22.2 Å². The highest BCUT2D eigenvalue weighted by Gasteiger charge is 2.33. The zero-order valence-electron chi connectivity index (χ0n) is 19.8. The molecule has 4 aromatic rings. The molecular formula is C25H24N4O6. The maximum Gasteiger partial charge on any atom is 0.331 e. The second-order valence-electron chi connectivity index (χ2n) is 8.60. The van der Waals surface area contributed by atoms with E-state index in [0.717, 1.165) is 10.1 Å². The lowest BCUT2D eigenvalue weighted by Gasteiger charge is -2.27. The molecule has 0 amide bonds. The van der Waals surface area contributed by atoms with Crippen LogP contribution in [0.3, 0.4) is 0 Å². The molecule has 180 valence electrons. The normalized spacial score (nSPS) is 15.3. The van der Waals surface area contributed by atoms with E-state index in [1.807, 2.05) is 28.8 Å². The van der Waals surface area contributed by atoms with Gasteiger partial charge in [-0.1, -0.05) is 24.3 Å². The number of aromatic nitrogens is 3. The zero-order valence-corrected chi connectivity index (χ0v) is 19.8. The SMILES string of the molecule is COc1ccc([C@H]2OCCn3c(-c4ccc(C)c([N+](=O)[O-])c4)c4c(=O)n(C)c(=O)n(C)c4c32)cc1. The van der Waals surface area contributed by atoms with Crippen molar-refractivity contribution in [2.24, 2.45) is 14.1 Å². The van der Waals surface area contributed by atoms with Gasteiger partial charge in [-0.2, -0.15) is 0 Å². The summed E-state index contributed by atoms with van der Waals surface area (Å²) in [6.45, 7) is 2.45. The lowest BCUT2D eigenvalue weighted by Crippen LogP contribution is -2.37. The van der Waals surface area contributed by atoms with Gasteiger partial charge in [-0.3, -0.25) is 24.0 Å². The molecule has 10 heteroatoms. The van der Waals surface area contributed by atoms with Gasteiger partial charge >= 0.3 is 5.69 Å². The summed E-state index contributed by atoms with van der Waals surface area (Å²) in [6.07, 6.45) is -0.552. The van der Waals surface area contributed by atoms with Crippen LogP contribution in [0.4, 0.5) is 5.69 Å². The first-order valence-electron chi connectivity index (χ1n) is 11.1. The predicted octanol–water partition coefficient (Wildman–Crippen LogP) is 3.05. The van der Waals surface area contributed by atoms with Crippen molar-refractivity contribution < 1.29 is 14.4 Å². The average molecular weight is 476 g/mol. The van der Waals surface area contributed by atoms with Gasteiger partial charge in [-0.25, -0.2) is 4.79 Å². The molecule has 1 aliphatic rings. The van der Waals surface area contributed by atoms with Crippen LogP contribution in [0, 0.1) is 17.0 Å². The number of aryl methyl sites for hydroxylation is 2. The van der Waals surface area contributed by atoms with E-state index in [1.54, 1.807) is 33.2 Å². The number of benzene rings is 2. The molecule has 0 spiro atoms. The van der Waals surface area contributed by atoms with E-state index in [9.17, 15) is 19.7 Å². The molecule has 0 saturated carbocycles. The quantitative estimate of drug-likeness (QED) is 0.331. The van der Waals surface area contributed by atoms with Crippen LogP contribution < -0.4 is 16.0 Å². The maximum absolute atomic E-state index is 13.5. The van der Waals surface area contributed by atoms with Gasteiger partial charge < -0.3 is 14.0 Å². The van der Waals surface area contributed by atoms with Crippen molar-refractivity contribution in [3.05, 3.63) is 90.2 Å². The fourth-order valence-electron chi connectivity index (χ4n) is 4.87. The predicted molar refractivity (Wildman–Crippen MR) is 130 cm³/mol. The van der Waals surface area contributed by atoms with Crippen LogP contribution in [0.15, 0.2) is 52.1 Å². The van der Waals surface area contributed by atoms with Gasteiger partial charge in [-0.15, -0.1) is 0 Å². The Kier molecular flexibility index (Phi) is 5.32. The molecule has 2 aromatic heterocycles. The topological polar surface area (TPSA) is 111 Å². The van der Waals surface area contributed by atoms with E-state index in [2.05, 4.69) is 0 Å². The third kappa shape index (κ3) is 3.36. The minimum Gasteiger partial charge on any atom is -0.497 e.